The maximum Gasteiger partial charge on any atom is 0.270 e. The largest absolute Gasteiger partial charge is 0.490 e. The first kappa shape index (κ1) is 28.7. The van der Waals surface area contributed by atoms with Crippen LogP contribution in [0.4, 0.5) is 11.4 Å². The van der Waals surface area contributed by atoms with E-state index < -0.39 is 0 Å². The molecule has 3 aromatic carbocycles. The zero-order valence-electron chi connectivity index (χ0n) is 22.0. The molecule has 0 bridgehead atoms. The fourth-order valence-electron chi connectivity index (χ4n) is 3.96. The number of hydrogen-bond acceptors (Lipinski definition) is 6. The lowest BCUT2D eigenvalue weighted by Gasteiger charge is -2.15. The molecule has 6 nitrogen and oxygen atoms in total. The van der Waals surface area contributed by atoms with Gasteiger partial charge in [0, 0.05) is 5.69 Å². The van der Waals surface area contributed by atoms with Crippen LogP contribution in [0.2, 0.25) is 5.02 Å². The van der Waals surface area contributed by atoms with Gasteiger partial charge in [0.25, 0.3) is 11.8 Å². The molecule has 0 atom stereocenters. The Morgan fingerprint density at radius 1 is 1.00 bits per heavy atom. The van der Waals surface area contributed by atoms with Crippen LogP contribution in [0.5, 0.6) is 11.5 Å². The first-order valence-electron chi connectivity index (χ1n) is 12.7. The molecule has 0 aliphatic carbocycles. The Balaban J connectivity index is 1.49. The zero-order valence-corrected chi connectivity index (χ0v) is 24.3. The second kappa shape index (κ2) is 13.2. The van der Waals surface area contributed by atoms with Gasteiger partial charge in [0.15, 0.2) is 22.4 Å². The molecule has 1 saturated heterocycles. The summed E-state index contributed by atoms with van der Waals surface area (Å²) in [5, 5.41) is 3.07. The van der Waals surface area contributed by atoms with Crippen molar-refractivity contribution in [2.24, 2.45) is 0 Å². The van der Waals surface area contributed by atoms with E-state index in [-0.39, 0.29) is 29.2 Å². The van der Waals surface area contributed by atoms with Crippen LogP contribution in [0.1, 0.15) is 37.5 Å². The molecule has 1 aliphatic rings. The monoisotopic (exact) mass is 580 g/mol. The van der Waals surface area contributed by atoms with Crippen molar-refractivity contribution in [3.05, 3.63) is 87.3 Å². The van der Waals surface area contributed by atoms with E-state index in [9.17, 15) is 9.59 Å². The van der Waals surface area contributed by atoms with Gasteiger partial charge in [-0.15, -0.1) is 0 Å². The fraction of sp³-hybridized carbons (Fsp3) is 0.233. The number of amides is 2. The number of anilines is 2. The van der Waals surface area contributed by atoms with Crippen molar-refractivity contribution in [2.45, 2.75) is 33.6 Å². The van der Waals surface area contributed by atoms with E-state index in [2.05, 4.69) is 19.2 Å². The normalized spacial score (nSPS) is 14.2. The molecule has 1 N–H and O–H groups in total. The second-order valence-electron chi connectivity index (χ2n) is 8.69. The third-order valence-corrected chi connectivity index (χ3v) is 7.60. The van der Waals surface area contributed by atoms with Crippen LogP contribution in [0.15, 0.2) is 65.6 Å². The molecule has 39 heavy (non-hydrogen) atoms. The third-order valence-electron chi connectivity index (χ3n) is 6.02. The highest BCUT2D eigenvalue weighted by molar-refractivity contribution is 8.27. The molecule has 9 heteroatoms. The molecule has 1 aliphatic heterocycles. The maximum atomic E-state index is 13.2. The molecule has 2 amide bonds. The van der Waals surface area contributed by atoms with E-state index in [1.54, 1.807) is 18.2 Å². The smallest absolute Gasteiger partial charge is 0.270 e. The summed E-state index contributed by atoms with van der Waals surface area (Å²) in [4.78, 5) is 27.7. The number of rotatable bonds is 10. The van der Waals surface area contributed by atoms with Gasteiger partial charge in [-0.1, -0.05) is 73.7 Å². The lowest BCUT2D eigenvalue weighted by Crippen LogP contribution is -2.27. The van der Waals surface area contributed by atoms with Gasteiger partial charge in [-0.05, 0) is 78.9 Å². The van der Waals surface area contributed by atoms with E-state index in [1.807, 2.05) is 55.5 Å². The summed E-state index contributed by atoms with van der Waals surface area (Å²) in [7, 11) is 0. The SMILES string of the molecule is CCOc1cc(/C=C2\SC(=S)N(c3ccc(CC)cc3)C2=O)cc(Cl)c1OCC(=O)Nc1ccc(CC)cc1. The average molecular weight is 581 g/mol. The van der Waals surface area contributed by atoms with Crippen molar-refractivity contribution in [1.82, 2.24) is 0 Å². The van der Waals surface area contributed by atoms with Crippen molar-refractivity contribution in [2.75, 3.05) is 23.4 Å². The van der Waals surface area contributed by atoms with Crippen molar-refractivity contribution < 1.29 is 19.1 Å². The average Bonchev–Trinajstić information content (AvgIpc) is 3.21. The van der Waals surface area contributed by atoms with Crippen LogP contribution in [0.3, 0.4) is 0 Å². The van der Waals surface area contributed by atoms with Gasteiger partial charge in [-0.3, -0.25) is 14.5 Å². The van der Waals surface area contributed by atoms with Crippen LogP contribution in [0.25, 0.3) is 6.08 Å². The number of nitrogens with one attached hydrogen (secondary N) is 1. The van der Waals surface area contributed by atoms with E-state index >= 15 is 0 Å². The molecule has 1 fully saturated rings. The van der Waals surface area contributed by atoms with E-state index in [4.69, 9.17) is 33.3 Å². The number of halogens is 1. The summed E-state index contributed by atoms with van der Waals surface area (Å²) in [6.45, 7) is 6.11. The molecular formula is C30H29ClN2O4S2. The predicted octanol–water partition coefficient (Wildman–Crippen LogP) is 7.29. The Bertz CT molecular complexity index is 1410. The molecule has 0 aromatic heterocycles. The number of ether oxygens (including phenoxy) is 2. The lowest BCUT2D eigenvalue weighted by molar-refractivity contribution is -0.118. The third kappa shape index (κ3) is 7.01. The topological polar surface area (TPSA) is 67.9 Å². The Kier molecular flexibility index (Phi) is 9.67. The molecule has 0 unspecified atom stereocenters. The minimum Gasteiger partial charge on any atom is -0.490 e. The quantitative estimate of drug-likeness (QED) is 0.201. The van der Waals surface area contributed by atoms with Crippen LogP contribution in [-0.2, 0) is 22.4 Å². The summed E-state index contributed by atoms with van der Waals surface area (Å²) in [5.74, 6) is 0.113. The number of carbonyl (C=O) groups is 2. The highest BCUT2D eigenvalue weighted by atomic mass is 35.5. The lowest BCUT2D eigenvalue weighted by atomic mass is 10.1. The van der Waals surface area contributed by atoms with Gasteiger partial charge in [0.1, 0.15) is 0 Å². The number of benzene rings is 3. The molecule has 0 saturated carbocycles. The van der Waals surface area contributed by atoms with Crippen LogP contribution < -0.4 is 19.7 Å². The Morgan fingerprint density at radius 3 is 2.26 bits per heavy atom. The predicted molar refractivity (Wildman–Crippen MR) is 164 cm³/mol. The first-order chi connectivity index (χ1) is 18.8. The van der Waals surface area contributed by atoms with Crippen LogP contribution in [-0.4, -0.2) is 29.3 Å². The highest BCUT2D eigenvalue weighted by Crippen LogP contribution is 2.40. The number of hydrogen-bond donors (Lipinski definition) is 1. The van der Waals surface area contributed by atoms with Gasteiger partial charge >= 0.3 is 0 Å². The molecular weight excluding hydrogens is 552 g/mol. The minimum absolute atomic E-state index is 0.202. The number of carbonyl (C=O) groups excluding carboxylic acids is 2. The summed E-state index contributed by atoms with van der Waals surface area (Å²) in [6.07, 6.45) is 3.57. The van der Waals surface area contributed by atoms with Crippen molar-refractivity contribution >= 4 is 69.2 Å². The van der Waals surface area contributed by atoms with Crippen LogP contribution in [0, 0.1) is 0 Å². The van der Waals surface area contributed by atoms with Crippen molar-refractivity contribution in [3.63, 3.8) is 0 Å². The summed E-state index contributed by atoms with van der Waals surface area (Å²) in [6, 6.07) is 18.8. The Morgan fingerprint density at radius 2 is 1.64 bits per heavy atom. The Hall–Kier alpha value is -3.33. The number of thioether (sulfide) groups is 1. The molecule has 0 spiro atoms. The fourth-order valence-corrected chi connectivity index (χ4v) is 5.53. The Labute approximate surface area is 243 Å². The van der Waals surface area contributed by atoms with E-state index in [1.165, 1.54) is 27.8 Å². The van der Waals surface area contributed by atoms with Gasteiger partial charge in [-0.2, -0.15) is 0 Å². The van der Waals surface area contributed by atoms with Gasteiger partial charge < -0.3 is 14.8 Å². The first-order valence-corrected chi connectivity index (χ1v) is 14.3. The van der Waals surface area contributed by atoms with E-state index in [0.717, 1.165) is 18.5 Å². The van der Waals surface area contributed by atoms with Crippen LogP contribution >= 0.6 is 35.6 Å². The standard InChI is InChI=1S/C30H29ClN2O4S2/c1-4-19-7-11-22(12-8-19)32-27(34)18-37-28-24(31)15-21(16-25(28)36-6-3)17-26-29(35)33(30(38)39-26)23-13-9-20(5-2)10-14-23/h7-17H,4-6,18H2,1-3H3,(H,32,34)/b26-17-. The number of nitrogens with zero attached hydrogens (tertiary/aromatic N) is 1. The zero-order chi connectivity index (χ0) is 27.9. The summed E-state index contributed by atoms with van der Waals surface area (Å²) < 4.78 is 12.0. The number of thiocarbonyl (C=S) groups is 1. The molecule has 4 rings (SSSR count). The molecule has 1 heterocycles. The highest BCUT2D eigenvalue weighted by Gasteiger charge is 2.33. The van der Waals surface area contributed by atoms with Crippen molar-refractivity contribution in [3.8, 4) is 11.5 Å². The molecule has 202 valence electrons. The van der Waals surface area contributed by atoms with Crippen molar-refractivity contribution in [1.29, 1.82) is 0 Å². The maximum absolute atomic E-state index is 13.2. The number of aryl methyl sites for hydroxylation is 2. The van der Waals surface area contributed by atoms with Gasteiger partial charge in [-0.25, -0.2) is 0 Å². The second-order valence-corrected chi connectivity index (χ2v) is 10.8. The molecule has 3 aromatic rings. The molecule has 0 radical (unpaired) electrons. The van der Waals surface area contributed by atoms with E-state index in [0.29, 0.717) is 32.8 Å². The minimum atomic E-state index is -0.322. The summed E-state index contributed by atoms with van der Waals surface area (Å²) in [5.41, 5.74) is 4.44. The van der Waals surface area contributed by atoms with Gasteiger partial charge in [0.2, 0.25) is 0 Å². The van der Waals surface area contributed by atoms with Gasteiger partial charge in [0.05, 0.1) is 22.2 Å². The summed E-state index contributed by atoms with van der Waals surface area (Å²) >= 11 is 13.3.